The summed E-state index contributed by atoms with van der Waals surface area (Å²) in [6.45, 7) is 3.43. The van der Waals surface area contributed by atoms with Gasteiger partial charge in [0.25, 0.3) is 0 Å². The fourth-order valence-electron chi connectivity index (χ4n) is 5.72. The van der Waals surface area contributed by atoms with Gasteiger partial charge in [0.2, 0.25) is 0 Å². The number of nitrogens with zero attached hydrogens (tertiary/aromatic N) is 5. The molecule has 0 radical (unpaired) electrons. The van der Waals surface area contributed by atoms with Crippen LogP contribution in [0.1, 0.15) is 24.6 Å². The van der Waals surface area contributed by atoms with Gasteiger partial charge >= 0.3 is 0 Å². The number of pyridine rings is 1. The maximum atomic E-state index is 11.2. The maximum absolute atomic E-state index is 11.2. The highest BCUT2D eigenvalue weighted by Crippen LogP contribution is 2.51. The molecule has 0 amide bonds. The third-order valence-corrected chi connectivity index (χ3v) is 8.19. The van der Waals surface area contributed by atoms with Crippen LogP contribution >= 0.6 is 15.9 Å². The van der Waals surface area contributed by atoms with Crippen molar-refractivity contribution < 1.29 is 10.2 Å². The van der Waals surface area contributed by atoms with E-state index in [-0.39, 0.29) is 11.5 Å². The first kappa shape index (κ1) is 20.8. The average molecular weight is 509 g/mol. The van der Waals surface area contributed by atoms with Crippen molar-refractivity contribution in [1.29, 1.82) is 0 Å². The fraction of sp³-hybridized carbons (Fsp3) is 0.375. The van der Waals surface area contributed by atoms with Gasteiger partial charge in [0.05, 0.1) is 27.8 Å². The van der Waals surface area contributed by atoms with Crippen LogP contribution in [-0.2, 0) is 0 Å². The molecule has 9 heteroatoms. The van der Waals surface area contributed by atoms with Crippen LogP contribution in [0.2, 0.25) is 0 Å². The highest BCUT2D eigenvalue weighted by molar-refractivity contribution is 9.10. The Kier molecular flexibility index (Phi) is 4.66. The minimum atomic E-state index is -0.855. The van der Waals surface area contributed by atoms with Gasteiger partial charge in [-0.05, 0) is 60.0 Å². The van der Waals surface area contributed by atoms with Crippen LogP contribution in [0.25, 0.3) is 21.9 Å². The smallest absolute Gasteiger partial charge is 0.143 e. The largest absolute Gasteiger partial charge is 0.390 e. The molecule has 33 heavy (non-hydrogen) atoms. The highest BCUT2D eigenvalue weighted by Gasteiger charge is 2.56. The Balaban J connectivity index is 1.30. The molecule has 1 spiro atoms. The number of aliphatic hydroxyl groups excluding tert-OH is 2. The summed E-state index contributed by atoms with van der Waals surface area (Å²) in [5.74, 6) is 0.465. The number of aliphatic hydroxyl groups is 2. The molecular formula is C24H25BrN6O2. The van der Waals surface area contributed by atoms with Crippen molar-refractivity contribution in [2.45, 2.75) is 38.0 Å². The van der Waals surface area contributed by atoms with E-state index in [1.807, 2.05) is 42.0 Å². The van der Waals surface area contributed by atoms with E-state index in [1.165, 1.54) is 0 Å². The van der Waals surface area contributed by atoms with E-state index in [4.69, 9.17) is 5.73 Å². The molecule has 1 aliphatic heterocycles. The van der Waals surface area contributed by atoms with Gasteiger partial charge in [0.1, 0.15) is 23.9 Å². The van der Waals surface area contributed by atoms with Crippen molar-refractivity contribution in [2.24, 2.45) is 5.41 Å². The molecule has 0 unspecified atom stereocenters. The lowest BCUT2D eigenvalue weighted by molar-refractivity contribution is -0.0204. The van der Waals surface area contributed by atoms with Crippen LogP contribution < -0.4 is 10.6 Å². The van der Waals surface area contributed by atoms with Crippen molar-refractivity contribution in [3.8, 4) is 0 Å². The number of hydrogen-bond acceptors (Lipinski definition) is 7. The molecule has 4 atom stereocenters. The number of nitrogens with two attached hydrogens (primary N) is 1. The van der Waals surface area contributed by atoms with Crippen LogP contribution in [0, 0.1) is 12.3 Å². The Morgan fingerprint density at radius 1 is 1.18 bits per heavy atom. The summed E-state index contributed by atoms with van der Waals surface area (Å²) in [4.78, 5) is 15.5. The van der Waals surface area contributed by atoms with Gasteiger partial charge in [-0.25, -0.2) is 15.0 Å². The number of aryl methyl sites for hydroxylation is 1. The molecule has 1 saturated carbocycles. The second-order valence-corrected chi connectivity index (χ2v) is 10.2. The van der Waals surface area contributed by atoms with Crippen molar-refractivity contribution in [1.82, 2.24) is 19.5 Å². The van der Waals surface area contributed by atoms with E-state index in [0.29, 0.717) is 18.8 Å². The van der Waals surface area contributed by atoms with Gasteiger partial charge in [0.15, 0.2) is 0 Å². The molecule has 2 aliphatic rings. The van der Waals surface area contributed by atoms with Crippen LogP contribution in [0.5, 0.6) is 0 Å². The van der Waals surface area contributed by atoms with E-state index in [0.717, 1.165) is 50.8 Å². The third kappa shape index (κ3) is 3.13. The van der Waals surface area contributed by atoms with Gasteiger partial charge in [-0.1, -0.05) is 6.07 Å². The number of anilines is 2. The monoisotopic (exact) mass is 508 g/mol. The summed E-state index contributed by atoms with van der Waals surface area (Å²) in [6.07, 6.45) is 3.34. The number of rotatable bonds is 2. The minimum absolute atomic E-state index is 0.234. The van der Waals surface area contributed by atoms with Crippen molar-refractivity contribution in [3.05, 3.63) is 53.0 Å². The van der Waals surface area contributed by atoms with Crippen molar-refractivity contribution >= 4 is 49.4 Å². The van der Waals surface area contributed by atoms with Crippen molar-refractivity contribution in [3.63, 3.8) is 0 Å². The second kappa shape index (κ2) is 7.38. The summed E-state index contributed by atoms with van der Waals surface area (Å²) in [7, 11) is 0. The lowest BCUT2D eigenvalue weighted by atomic mass is 9.83. The van der Waals surface area contributed by atoms with E-state index >= 15 is 0 Å². The first-order valence-electron chi connectivity index (χ1n) is 11.1. The Morgan fingerprint density at radius 3 is 2.88 bits per heavy atom. The second-order valence-electron chi connectivity index (χ2n) is 9.39. The van der Waals surface area contributed by atoms with Crippen LogP contribution in [0.4, 0.5) is 11.5 Å². The van der Waals surface area contributed by atoms with Gasteiger partial charge in [-0.2, -0.15) is 0 Å². The number of hydrogen-bond donors (Lipinski definition) is 3. The van der Waals surface area contributed by atoms with E-state index in [1.54, 1.807) is 6.33 Å². The summed E-state index contributed by atoms with van der Waals surface area (Å²) in [5, 5.41) is 24.3. The predicted octanol–water partition coefficient (Wildman–Crippen LogP) is 3.20. The zero-order valence-electron chi connectivity index (χ0n) is 18.2. The molecule has 4 aromatic rings. The number of benzene rings is 1. The Bertz CT molecular complexity index is 1390. The molecule has 2 fully saturated rings. The van der Waals surface area contributed by atoms with E-state index in [9.17, 15) is 10.2 Å². The molecule has 3 aromatic heterocycles. The zero-order valence-corrected chi connectivity index (χ0v) is 19.8. The molecule has 1 aromatic carbocycles. The molecule has 0 bridgehead atoms. The molecule has 170 valence electrons. The number of halogens is 1. The molecule has 8 nitrogen and oxygen atoms in total. The number of aromatic nitrogens is 4. The van der Waals surface area contributed by atoms with E-state index in [2.05, 4.69) is 41.8 Å². The van der Waals surface area contributed by atoms with Crippen LogP contribution in [-0.4, -0.2) is 55.0 Å². The molecule has 4 heterocycles. The van der Waals surface area contributed by atoms with E-state index < -0.39 is 12.2 Å². The standard InChI is InChI=1S/C24H25BrN6O2/c1-13-16-4-6-31(23(16)28-12-27-13)19-10-24(21(33)20(19)32)5-7-30(11-24)15-3-2-14-8-17(25)22(26)29-18(14)9-15/h2-4,6,8-9,12,19-21,32-33H,5,7,10-11H2,1H3,(H2,26,29)/t19-,20+,21+,24-/m1/s1. The highest BCUT2D eigenvalue weighted by atomic mass is 79.9. The Morgan fingerprint density at radius 2 is 2.03 bits per heavy atom. The summed E-state index contributed by atoms with van der Waals surface area (Å²) < 4.78 is 2.80. The van der Waals surface area contributed by atoms with Gasteiger partial charge in [-0.15, -0.1) is 0 Å². The number of nitrogen functional groups attached to an aromatic ring is 1. The Hall–Kier alpha value is -2.75. The molecule has 6 rings (SSSR count). The normalized spacial score (nSPS) is 27.4. The maximum Gasteiger partial charge on any atom is 0.143 e. The number of fused-ring (bicyclic) bond motifs is 2. The summed E-state index contributed by atoms with van der Waals surface area (Å²) in [6, 6.07) is 9.90. The SMILES string of the molecule is Cc1ncnc2c1ccn2[C@@H]1C[C@@]2(CCN(c3ccc4cc(Br)c(N)nc4c3)C2)[C@@H](O)[C@H]1O. The van der Waals surface area contributed by atoms with Crippen molar-refractivity contribution in [2.75, 3.05) is 23.7 Å². The third-order valence-electron chi connectivity index (χ3n) is 7.56. The predicted molar refractivity (Wildman–Crippen MR) is 131 cm³/mol. The zero-order chi connectivity index (χ0) is 22.9. The quantitative estimate of drug-likeness (QED) is 0.381. The van der Waals surface area contributed by atoms with Crippen LogP contribution in [0.3, 0.4) is 0 Å². The molecule has 4 N–H and O–H groups in total. The fourth-order valence-corrected chi connectivity index (χ4v) is 6.06. The first-order chi connectivity index (χ1) is 15.9. The van der Waals surface area contributed by atoms with Gasteiger partial charge < -0.3 is 25.4 Å². The molecular weight excluding hydrogens is 484 g/mol. The Labute approximate surface area is 199 Å². The average Bonchev–Trinajstić information content (AvgIpc) is 3.48. The topological polar surface area (TPSA) is 113 Å². The minimum Gasteiger partial charge on any atom is -0.390 e. The summed E-state index contributed by atoms with van der Waals surface area (Å²) in [5.41, 5.74) is 9.20. The lowest BCUT2D eigenvalue weighted by Gasteiger charge is -2.29. The van der Waals surface area contributed by atoms with Crippen LogP contribution in [0.15, 0.2) is 47.3 Å². The van der Waals surface area contributed by atoms with Gasteiger partial charge in [0, 0.05) is 41.2 Å². The lowest BCUT2D eigenvalue weighted by Crippen LogP contribution is -2.38. The summed E-state index contributed by atoms with van der Waals surface area (Å²) >= 11 is 3.44. The molecule has 1 aliphatic carbocycles. The van der Waals surface area contributed by atoms with Gasteiger partial charge in [-0.3, -0.25) is 0 Å². The first-order valence-corrected chi connectivity index (χ1v) is 11.9. The molecule has 1 saturated heterocycles.